The number of aromatic nitrogens is 1. The number of fused-ring (bicyclic) bond motifs is 10. The van der Waals surface area contributed by atoms with Crippen LogP contribution >= 0.6 is 0 Å². The lowest BCUT2D eigenvalue weighted by Crippen LogP contribution is -2.16. The normalized spacial score (nSPS) is 15.5. The van der Waals surface area contributed by atoms with Crippen molar-refractivity contribution in [3.63, 3.8) is 0 Å². The fourth-order valence-electron chi connectivity index (χ4n) is 5.24. The Balaban J connectivity index is 1.87. The lowest BCUT2D eigenvalue weighted by atomic mass is 9.80. The van der Waals surface area contributed by atoms with Gasteiger partial charge in [0.2, 0.25) is 0 Å². The summed E-state index contributed by atoms with van der Waals surface area (Å²) >= 11 is 0. The van der Waals surface area contributed by atoms with Gasteiger partial charge in [0.25, 0.3) is 0 Å². The highest BCUT2D eigenvalue weighted by Crippen LogP contribution is 2.56. The Morgan fingerprint density at radius 3 is 2.46 bits per heavy atom. The smallest absolute Gasteiger partial charge is 0.0755 e. The number of pyridine rings is 1. The van der Waals surface area contributed by atoms with Gasteiger partial charge >= 0.3 is 0 Å². The molecule has 0 amide bonds. The topological polar surface area (TPSA) is 12.9 Å². The van der Waals surface area contributed by atoms with Crippen LogP contribution < -0.4 is 0 Å². The molecule has 1 heterocycles. The molecule has 2 aliphatic rings. The molecule has 6 rings (SSSR count). The first-order valence-corrected chi connectivity index (χ1v) is 9.30. The zero-order chi connectivity index (χ0) is 17.5. The number of hydrogen-bond donors (Lipinski definition) is 0. The summed E-state index contributed by atoms with van der Waals surface area (Å²) in [6, 6.07) is 22.1. The summed E-state index contributed by atoms with van der Waals surface area (Å²) in [4.78, 5) is 4.88. The van der Waals surface area contributed by atoms with Gasteiger partial charge in [0.1, 0.15) is 0 Å². The molecule has 0 saturated carbocycles. The van der Waals surface area contributed by atoms with Crippen molar-refractivity contribution in [2.45, 2.75) is 25.7 Å². The van der Waals surface area contributed by atoms with Crippen LogP contribution in [-0.4, -0.2) is 4.98 Å². The Kier molecular flexibility index (Phi) is 2.53. The van der Waals surface area contributed by atoms with E-state index in [1.165, 1.54) is 55.4 Å². The maximum atomic E-state index is 4.88. The van der Waals surface area contributed by atoms with Gasteiger partial charge in [-0.1, -0.05) is 68.4 Å². The Bertz CT molecular complexity index is 1230. The summed E-state index contributed by atoms with van der Waals surface area (Å²) in [7, 11) is 0. The molecular formula is C25H19N. The second-order valence-electron chi connectivity index (χ2n) is 8.01. The van der Waals surface area contributed by atoms with E-state index in [1.807, 2.05) is 6.20 Å². The van der Waals surface area contributed by atoms with E-state index in [-0.39, 0.29) is 5.41 Å². The highest BCUT2D eigenvalue weighted by Gasteiger charge is 2.41. The number of nitrogens with zero attached hydrogens (tertiary/aromatic N) is 1. The second kappa shape index (κ2) is 4.62. The van der Waals surface area contributed by atoms with E-state index in [0.29, 0.717) is 0 Å². The lowest BCUT2D eigenvalue weighted by molar-refractivity contribution is 0.664. The molecule has 0 N–H and O–H groups in total. The molecule has 1 heteroatoms. The summed E-state index contributed by atoms with van der Waals surface area (Å²) in [5.41, 5.74) is 12.5. The van der Waals surface area contributed by atoms with Gasteiger partial charge in [-0.2, -0.15) is 0 Å². The highest BCUT2D eigenvalue weighted by atomic mass is 14.7. The van der Waals surface area contributed by atoms with Crippen molar-refractivity contribution < 1.29 is 0 Å². The molecule has 0 fully saturated rings. The van der Waals surface area contributed by atoms with E-state index in [0.717, 1.165) is 6.42 Å². The van der Waals surface area contributed by atoms with Gasteiger partial charge in [-0.15, -0.1) is 0 Å². The Labute approximate surface area is 153 Å². The van der Waals surface area contributed by atoms with Crippen molar-refractivity contribution in [2.24, 2.45) is 0 Å². The summed E-state index contributed by atoms with van der Waals surface area (Å²) < 4.78 is 0. The Hall–Kier alpha value is -2.93. The minimum Gasteiger partial charge on any atom is -0.256 e. The zero-order valence-corrected chi connectivity index (χ0v) is 15.0. The minimum atomic E-state index is -0.0255. The van der Waals surface area contributed by atoms with Crippen LogP contribution in [0.25, 0.3) is 33.2 Å². The van der Waals surface area contributed by atoms with Gasteiger partial charge in [-0.25, -0.2) is 0 Å². The average molecular weight is 333 g/mol. The maximum Gasteiger partial charge on any atom is 0.0755 e. The quantitative estimate of drug-likeness (QED) is 0.333. The van der Waals surface area contributed by atoms with Crippen molar-refractivity contribution in [3.8, 4) is 22.3 Å². The van der Waals surface area contributed by atoms with Crippen molar-refractivity contribution in [1.29, 1.82) is 0 Å². The maximum absolute atomic E-state index is 4.88. The molecule has 3 aromatic carbocycles. The summed E-state index contributed by atoms with van der Waals surface area (Å²) in [6.07, 6.45) is 2.96. The summed E-state index contributed by atoms with van der Waals surface area (Å²) in [5, 5.41) is 1.30. The molecule has 0 aliphatic heterocycles. The van der Waals surface area contributed by atoms with E-state index >= 15 is 0 Å². The minimum absolute atomic E-state index is 0.0255. The van der Waals surface area contributed by atoms with Crippen LogP contribution in [-0.2, 0) is 11.8 Å². The summed E-state index contributed by atoms with van der Waals surface area (Å²) in [6.45, 7) is 4.69. The van der Waals surface area contributed by atoms with E-state index in [1.54, 1.807) is 0 Å². The van der Waals surface area contributed by atoms with Gasteiger partial charge in [-0.3, -0.25) is 4.98 Å². The molecule has 1 aromatic heterocycles. The first-order chi connectivity index (χ1) is 12.7. The monoisotopic (exact) mass is 333 g/mol. The standard InChI is InChI=1S/C25H19N/c1-25(2)20-12-6-5-10-17(20)22-19-14-15-8-3-4-9-16(15)21(19)18-11-7-13-26-24(18)23(22)25/h3-13H,14H2,1-2H3. The van der Waals surface area contributed by atoms with Crippen LogP contribution in [0.3, 0.4) is 0 Å². The van der Waals surface area contributed by atoms with Gasteiger partial charge in [0.05, 0.1) is 5.52 Å². The van der Waals surface area contributed by atoms with Crippen LogP contribution in [0.2, 0.25) is 0 Å². The molecule has 0 atom stereocenters. The fourth-order valence-corrected chi connectivity index (χ4v) is 5.24. The largest absolute Gasteiger partial charge is 0.256 e. The molecule has 0 bridgehead atoms. The molecule has 0 radical (unpaired) electrons. The van der Waals surface area contributed by atoms with Crippen molar-refractivity contribution >= 4 is 10.9 Å². The van der Waals surface area contributed by atoms with Crippen LogP contribution in [0.1, 0.15) is 36.1 Å². The molecule has 4 aromatic rings. The Morgan fingerprint density at radius 1 is 0.808 bits per heavy atom. The van der Waals surface area contributed by atoms with Crippen LogP contribution in [0.4, 0.5) is 0 Å². The zero-order valence-electron chi connectivity index (χ0n) is 15.0. The van der Waals surface area contributed by atoms with Crippen molar-refractivity contribution in [2.75, 3.05) is 0 Å². The molecule has 0 unspecified atom stereocenters. The van der Waals surface area contributed by atoms with Gasteiger partial charge in [0.15, 0.2) is 0 Å². The van der Waals surface area contributed by atoms with Crippen molar-refractivity contribution in [1.82, 2.24) is 4.98 Å². The average Bonchev–Trinajstić information content (AvgIpc) is 3.16. The lowest BCUT2D eigenvalue weighted by Gasteiger charge is -2.23. The molecule has 1 nitrogen and oxygen atoms in total. The molecule has 2 aliphatic carbocycles. The van der Waals surface area contributed by atoms with E-state index in [4.69, 9.17) is 4.98 Å². The van der Waals surface area contributed by atoms with E-state index < -0.39 is 0 Å². The van der Waals surface area contributed by atoms with Gasteiger partial charge < -0.3 is 0 Å². The summed E-state index contributed by atoms with van der Waals surface area (Å²) in [5.74, 6) is 0. The number of hydrogen-bond acceptors (Lipinski definition) is 1. The van der Waals surface area contributed by atoms with E-state index in [9.17, 15) is 0 Å². The predicted octanol–water partition coefficient (Wildman–Crippen LogP) is 6.11. The van der Waals surface area contributed by atoms with Crippen LogP contribution in [0, 0.1) is 0 Å². The number of benzene rings is 3. The highest BCUT2D eigenvalue weighted by molar-refractivity contribution is 6.08. The predicted molar refractivity (Wildman–Crippen MR) is 108 cm³/mol. The van der Waals surface area contributed by atoms with Crippen LogP contribution in [0.15, 0.2) is 66.9 Å². The van der Waals surface area contributed by atoms with Gasteiger partial charge in [-0.05, 0) is 57.0 Å². The van der Waals surface area contributed by atoms with E-state index in [2.05, 4.69) is 74.5 Å². The third-order valence-electron chi connectivity index (χ3n) is 6.32. The molecule has 26 heavy (non-hydrogen) atoms. The van der Waals surface area contributed by atoms with Crippen molar-refractivity contribution in [3.05, 3.63) is 89.1 Å². The molecule has 0 saturated heterocycles. The third kappa shape index (κ3) is 1.55. The molecule has 124 valence electrons. The number of rotatable bonds is 0. The molecule has 0 spiro atoms. The SMILES string of the molecule is CC1(C)c2ccccc2-c2c3c(c4cccnc4c21)-c1ccccc1C3. The Morgan fingerprint density at radius 2 is 1.58 bits per heavy atom. The second-order valence-corrected chi connectivity index (χ2v) is 8.01. The first-order valence-electron chi connectivity index (χ1n) is 9.30. The fraction of sp³-hybridized carbons (Fsp3) is 0.160. The third-order valence-corrected chi connectivity index (χ3v) is 6.32. The first kappa shape index (κ1) is 14.3. The van der Waals surface area contributed by atoms with Gasteiger partial charge in [0, 0.05) is 17.0 Å². The molecular weight excluding hydrogens is 314 g/mol. The van der Waals surface area contributed by atoms with Crippen LogP contribution in [0.5, 0.6) is 0 Å².